The van der Waals surface area contributed by atoms with Crippen LogP contribution >= 0.6 is 0 Å². The molecule has 3 N–H and O–H groups in total. The largest absolute Gasteiger partial charge is 0.492 e. The van der Waals surface area contributed by atoms with Gasteiger partial charge in [-0.3, -0.25) is 19.7 Å². The minimum atomic E-state index is -0.593. The lowest BCUT2D eigenvalue weighted by atomic mass is 10.1. The monoisotopic (exact) mass is 463 g/mol. The molecular weight excluding hydrogens is 438 g/mol. The van der Waals surface area contributed by atoms with Gasteiger partial charge in [-0.25, -0.2) is 5.48 Å². The predicted octanol–water partition coefficient (Wildman–Crippen LogP) is 2.04. The fourth-order valence-corrected chi connectivity index (χ4v) is 3.47. The molecule has 4 rings (SSSR count). The Bertz CT molecular complexity index is 1200. The minimum Gasteiger partial charge on any atom is -0.492 e. The molecule has 0 aliphatic carbocycles. The van der Waals surface area contributed by atoms with Crippen molar-refractivity contribution in [1.29, 1.82) is 0 Å². The Hall–Kier alpha value is -3.84. The van der Waals surface area contributed by atoms with Gasteiger partial charge < -0.3 is 19.2 Å². The zero-order chi connectivity index (χ0) is 23.8. The van der Waals surface area contributed by atoms with Crippen molar-refractivity contribution in [3.8, 4) is 17.6 Å². The number of benzene rings is 2. The van der Waals surface area contributed by atoms with Crippen molar-refractivity contribution in [3.63, 3.8) is 0 Å². The quantitative estimate of drug-likeness (QED) is 0.279. The van der Waals surface area contributed by atoms with Gasteiger partial charge in [0.25, 0.3) is 11.8 Å². The Morgan fingerprint density at radius 1 is 1.06 bits per heavy atom. The van der Waals surface area contributed by atoms with Crippen molar-refractivity contribution in [3.05, 3.63) is 65.4 Å². The lowest BCUT2D eigenvalue weighted by Gasteiger charge is -2.26. The van der Waals surface area contributed by atoms with Crippen molar-refractivity contribution in [1.82, 2.24) is 15.7 Å². The highest BCUT2D eigenvalue weighted by Crippen LogP contribution is 2.24. The second-order valence-electron chi connectivity index (χ2n) is 7.62. The number of rotatable bonds is 7. The van der Waals surface area contributed by atoms with Crippen LogP contribution in [0.25, 0.3) is 11.0 Å². The van der Waals surface area contributed by atoms with Crippen LogP contribution in [0.15, 0.2) is 52.9 Å². The number of morpholine rings is 1. The first-order valence-electron chi connectivity index (χ1n) is 10.9. The molecule has 0 spiro atoms. The minimum absolute atomic E-state index is 0.130. The van der Waals surface area contributed by atoms with E-state index in [4.69, 9.17) is 19.1 Å². The van der Waals surface area contributed by atoms with Gasteiger partial charge in [0.2, 0.25) is 0 Å². The molecule has 1 saturated heterocycles. The highest BCUT2D eigenvalue weighted by atomic mass is 16.5. The van der Waals surface area contributed by atoms with Crippen LogP contribution in [0, 0.1) is 11.8 Å². The molecule has 2 heterocycles. The number of ether oxygens (including phenoxy) is 2. The van der Waals surface area contributed by atoms with E-state index in [0.29, 0.717) is 23.3 Å². The summed E-state index contributed by atoms with van der Waals surface area (Å²) in [7, 11) is 0. The topological polar surface area (TPSA) is 113 Å². The highest BCUT2D eigenvalue weighted by molar-refractivity contribution is 5.96. The molecule has 0 saturated carbocycles. The van der Waals surface area contributed by atoms with Gasteiger partial charge in [0.1, 0.15) is 17.9 Å². The van der Waals surface area contributed by atoms with Gasteiger partial charge in [0.05, 0.1) is 19.8 Å². The van der Waals surface area contributed by atoms with E-state index < -0.39 is 5.91 Å². The van der Waals surface area contributed by atoms with Gasteiger partial charge >= 0.3 is 0 Å². The van der Waals surface area contributed by atoms with Crippen LogP contribution in [0.1, 0.15) is 26.5 Å². The third-order valence-electron chi connectivity index (χ3n) is 5.31. The maximum Gasteiger partial charge on any atom is 0.287 e. The van der Waals surface area contributed by atoms with E-state index in [1.54, 1.807) is 41.9 Å². The molecular formula is C25H25N3O6. The molecule has 0 atom stereocenters. The van der Waals surface area contributed by atoms with Crippen molar-refractivity contribution >= 4 is 22.8 Å². The predicted molar refractivity (Wildman–Crippen MR) is 124 cm³/mol. The number of carbonyl (C=O) groups excluding carboxylic acids is 2. The summed E-state index contributed by atoms with van der Waals surface area (Å²) < 4.78 is 16.9. The first-order chi connectivity index (χ1) is 16.6. The maximum absolute atomic E-state index is 12.4. The average Bonchev–Trinajstić information content (AvgIpc) is 3.31. The van der Waals surface area contributed by atoms with Crippen LogP contribution in [0.4, 0.5) is 0 Å². The van der Waals surface area contributed by atoms with E-state index in [1.165, 1.54) is 0 Å². The molecule has 1 aliphatic rings. The number of nitrogens with one attached hydrogen (secondary N) is 2. The van der Waals surface area contributed by atoms with Gasteiger partial charge in [0, 0.05) is 36.1 Å². The number of fused-ring (bicyclic) bond motifs is 1. The fourth-order valence-electron chi connectivity index (χ4n) is 3.47. The standard InChI is InChI=1S/C25H25N3O6/c29-24(27-31)19-5-3-18(4-6-19)2-1-9-26-25(30)23-17-20-16-21(7-8-22(20)34-23)33-15-12-28-10-13-32-14-11-28/h3-8,16-17,31H,9-15H2,(H,26,30)(H,27,29). The SMILES string of the molecule is O=C(NO)c1ccc(C#CCNC(=O)c2cc3cc(OCCN4CCOCC4)ccc3o2)cc1. The Morgan fingerprint density at radius 3 is 2.62 bits per heavy atom. The summed E-state index contributed by atoms with van der Waals surface area (Å²) in [6.45, 7) is 4.90. The van der Waals surface area contributed by atoms with Crippen LogP contribution in [-0.2, 0) is 4.74 Å². The van der Waals surface area contributed by atoms with Crippen LogP contribution in [0.2, 0.25) is 0 Å². The molecule has 0 unspecified atom stereocenters. The second-order valence-corrected chi connectivity index (χ2v) is 7.62. The number of hydroxylamine groups is 1. The van der Waals surface area contributed by atoms with E-state index in [1.807, 2.05) is 12.1 Å². The summed E-state index contributed by atoms with van der Waals surface area (Å²) in [5.41, 5.74) is 3.16. The Kier molecular flexibility index (Phi) is 7.78. The lowest BCUT2D eigenvalue weighted by molar-refractivity contribution is 0.0322. The lowest BCUT2D eigenvalue weighted by Crippen LogP contribution is -2.38. The number of hydrogen-bond acceptors (Lipinski definition) is 7. The Morgan fingerprint density at radius 2 is 1.85 bits per heavy atom. The summed E-state index contributed by atoms with van der Waals surface area (Å²) >= 11 is 0. The van der Waals surface area contributed by atoms with Crippen molar-refractivity contribution in [2.45, 2.75) is 0 Å². The highest BCUT2D eigenvalue weighted by Gasteiger charge is 2.13. The average molecular weight is 463 g/mol. The molecule has 176 valence electrons. The van der Waals surface area contributed by atoms with Gasteiger partial charge in [-0.2, -0.15) is 0 Å². The van der Waals surface area contributed by atoms with E-state index >= 15 is 0 Å². The molecule has 0 bridgehead atoms. The smallest absolute Gasteiger partial charge is 0.287 e. The normalized spacial score (nSPS) is 13.7. The number of nitrogens with zero attached hydrogens (tertiary/aromatic N) is 1. The van der Waals surface area contributed by atoms with Gasteiger partial charge in [-0.05, 0) is 48.5 Å². The van der Waals surface area contributed by atoms with E-state index in [0.717, 1.165) is 44.0 Å². The summed E-state index contributed by atoms with van der Waals surface area (Å²) in [5, 5.41) is 12.1. The van der Waals surface area contributed by atoms with E-state index in [-0.39, 0.29) is 18.2 Å². The van der Waals surface area contributed by atoms with Gasteiger partial charge in [-0.15, -0.1) is 0 Å². The van der Waals surface area contributed by atoms with Crippen LogP contribution in [-0.4, -0.2) is 67.9 Å². The third-order valence-corrected chi connectivity index (χ3v) is 5.31. The molecule has 9 nitrogen and oxygen atoms in total. The maximum atomic E-state index is 12.4. The Labute approximate surface area is 196 Å². The van der Waals surface area contributed by atoms with Crippen molar-refractivity contribution in [2.24, 2.45) is 0 Å². The fraction of sp³-hybridized carbons (Fsp3) is 0.280. The zero-order valence-electron chi connectivity index (χ0n) is 18.5. The Balaban J connectivity index is 1.28. The second kappa shape index (κ2) is 11.3. The van der Waals surface area contributed by atoms with Crippen LogP contribution in [0.5, 0.6) is 5.75 Å². The summed E-state index contributed by atoms with van der Waals surface area (Å²) in [6.07, 6.45) is 0. The third kappa shape index (κ3) is 6.14. The molecule has 9 heteroatoms. The number of furan rings is 1. The molecule has 1 aliphatic heterocycles. The first kappa shape index (κ1) is 23.3. The number of amides is 2. The van der Waals surface area contributed by atoms with Crippen LogP contribution < -0.4 is 15.5 Å². The summed E-state index contributed by atoms with van der Waals surface area (Å²) in [5.74, 6) is 5.71. The molecule has 3 aromatic rings. The molecule has 2 amide bonds. The number of hydrogen-bond donors (Lipinski definition) is 3. The summed E-state index contributed by atoms with van der Waals surface area (Å²) in [4.78, 5) is 26.0. The molecule has 2 aromatic carbocycles. The van der Waals surface area contributed by atoms with Crippen molar-refractivity contribution in [2.75, 3.05) is 46.0 Å². The molecule has 0 radical (unpaired) electrons. The van der Waals surface area contributed by atoms with E-state index in [2.05, 4.69) is 22.1 Å². The van der Waals surface area contributed by atoms with Gasteiger partial charge in [0.15, 0.2) is 5.76 Å². The first-order valence-corrected chi connectivity index (χ1v) is 10.9. The van der Waals surface area contributed by atoms with Gasteiger partial charge in [-0.1, -0.05) is 11.8 Å². The summed E-state index contributed by atoms with van der Waals surface area (Å²) in [6, 6.07) is 13.5. The van der Waals surface area contributed by atoms with Crippen LogP contribution in [0.3, 0.4) is 0 Å². The van der Waals surface area contributed by atoms with E-state index in [9.17, 15) is 9.59 Å². The molecule has 1 aromatic heterocycles. The zero-order valence-corrected chi connectivity index (χ0v) is 18.5. The molecule has 34 heavy (non-hydrogen) atoms. The number of carbonyl (C=O) groups is 2. The molecule has 1 fully saturated rings. The van der Waals surface area contributed by atoms with Crippen molar-refractivity contribution < 1.29 is 28.7 Å².